The van der Waals surface area contributed by atoms with Crippen LogP contribution in [0.5, 0.6) is 11.8 Å². The molecule has 1 aromatic heterocycles. The maximum atomic E-state index is 13.0. The van der Waals surface area contributed by atoms with E-state index >= 15 is 0 Å². The van der Waals surface area contributed by atoms with Crippen LogP contribution in [0.25, 0.3) is 0 Å². The second-order valence-corrected chi connectivity index (χ2v) is 7.90. The summed E-state index contributed by atoms with van der Waals surface area (Å²) in [6.07, 6.45) is 1.46. The number of hydrogen-bond donors (Lipinski definition) is 3. The van der Waals surface area contributed by atoms with Crippen LogP contribution in [0, 0.1) is 0 Å². The lowest BCUT2D eigenvalue weighted by Crippen LogP contribution is -2.36. The third kappa shape index (κ3) is 6.04. The first-order valence-corrected chi connectivity index (χ1v) is 10.5. The number of amides is 3. The molecule has 0 saturated carbocycles. The Morgan fingerprint density at radius 3 is 2.25 bits per heavy atom. The van der Waals surface area contributed by atoms with Crippen molar-refractivity contribution in [2.24, 2.45) is 5.10 Å². The number of hydrogen-bond acceptors (Lipinski definition) is 10. The van der Waals surface area contributed by atoms with E-state index in [0.29, 0.717) is 5.69 Å². The van der Waals surface area contributed by atoms with E-state index in [4.69, 9.17) is 9.47 Å². The molecule has 0 bridgehead atoms. The maximum Gasteiger partial charge on any atom is 0.335 e. The summed E-state index contributed by atoms with van der Waals surface area (Å²) in [5.74, 6) is -0.656. The number of sulfonamides is 1. The van der Waals surface area contributed by atoms with E-state index in [1.165, 1.54) is 63.7 Å². The van der Waals surface area contributed by atoms with Crippen LogP contribution >= 0.6 is 0 Å². The quantitative estimate of drug-likeness (QED) is 0.383. The first kappa shape index (κ1) is 24.3. The topological polar surface area (TPSA) is 164 Å². The molecule has 172 valence electrons. The molecule has 0 aliphatic carbocycles. The van der Waals surface area contributed by atoms with Crippen molar-refractivity contribution in [2.75, 3.05) is 39.1 Å². The van der Waals surface area contributed by atoms with Crippen LogP contribution in [0.15, 0.2) is 34.3 Å². The number of rotatable bonds is 8. The number of carbonyl (C=O) groups excluding carboxylic acids is 2. The molecule has 0 atom stereocenters. The zero-order valence-corrected chi connectivity index (χ0v) is 18.8. The van der Waals surface area contributed by atoms with E-state index in [0.717, 1.165) is 0 Å². The number of methoxy groups -OCH3 is 2. The molecule has 0 aliphatic heterocycles. The minimum Gasteiger partial charge on any atom is -0.481 e. The molecule has 32 heavy (non-hydrogen) atoms. The van der Waals surface area contributed by atoms with Gasteiger partial charge in [-0.1, -0.05) is 0 Å². The number of anilines is 2. The Labute approximate surface area is 184 Å². The Morgan fingerprint density at radius 2 is 1.72 bits per heavy atom. The lowest BCUT2D eigenvalue weighted by molar-refractivity contribution is 0.0824. The SMILES string of the molecule is CC=NNc1ccc(C(=O)N(C)C)c(S(=O)(=O)NC(=O)Nc2nc(OC)cc(OC)n2)c1. The molecular weight excluding hydrogens is 442 g/mol. The summed E-state index contributed by atoms with van der Waals surface area (Å²) in [5, 5.41) is 6.01. The zero-order valence-electron chi connectivity index (χ0n) is 18.0. The van der Waals surface area contributed by atoms with Crippen molar-refractivity contribution in [3.63, 3.8) is 0 Å². The van der Waals surface area contributed by atoms with Gasteiger partial charge < -0.3 is 14.4 Å². The third-order valence-electron chi connectivity index (χ3n) is 3.78. The molecule has 2 aromatic rings. The fraction of sp³-hybridized carbons (Fsp3) is 0.278. The highest BCUT2D eigenvalue weighted by Gasteiger charge is 2.26. The van der Waals surface area contributed by atoms with Gasteiger partial charge in [-0.15, -0.1) is 0 Å². The molecule has 1 heterocycles. The number of carbonyl (C=O) groups is 2. The van der Waals surface area contributed by atoms with Crippen LogP contribution in [-0.2, 0) is 10.0 Å². The highest BCUT2D eigenvalue weighted by atomic mass is 32.2. The van der Waals surface area contributed by atoms with Gasteiger partial charge in [0.05, 0.1) is 31.5 Å². The fourth-order valence-electron chi connectivity index (χ4n) is 2.34. The molecule has 0 saturated heterocycles. The number of urea groups is 1. The largest absolute Gasteiger partial charge is 0.481 e. The van der Waals surface area contributed by atoms with Crippen molar-refractivity contribution < 1.29 is 27.5 Å². The van der Waals surface area contributed by atoms with Crippen LogP contribution < -0.4 is 24.9 Å². The number of nitrogens with one attached hydrogen (secondary N) is 3. The second kappa shape index (κ2) is 10.4. The van der Waals surface area contributed by atoms with Gasteiger partial charge in [-0.3, -0.25) is 15.5 Å². The average Bonchev–Trinajstić information content (AvgIpc) is 2.76. The Hall–Kier alpha value is -3.94. The van der Waals surface area contributed by atoms with Gasteiger partial charge in [0.15, 0.2) is 0 Å². The molecular formula is C18H23N7O6S. The van der Waals surface area contributed by atoms with Crippen molar-refractivity contribution in [3.8, 4) is 11.8 Å². The van der Waals surface area contributed by atoms with Crippen molar-refractivity contribution in [1.29, 1.82) is 0 Å². The molecule has 1 aromatic carbocycles. The molecule has 13 nitrogen and oxygen atoms in total. The van der Waals surface area contributed by atoms with Gasteiger partial charge in [-0.25, -0.2) is 17.9 Å². The summed E-state index contributed by atoms with van der Waals surface area (Å²) in [4.78, 5) is 33.4. The van der Waals surface area contributed by atoms with Crippen LogP contribution in [-0.4, -0.2) is 69.8 Å². The zero-order chi connectivity index (χ0) is 23.9. The Bertz CT molecular complexity index is 1110. The van der Waals surface area contributed by atoms with Crippen molar-refractivity contribution in [2.45, 2.75) is 11.8 Å². The molecule has 0 spiro atoms. The lowest BCUT2D eigenvalue weighted by Gasteiger charge is -2.16. The first-order chi connectivity index (χ1) is 15.1. The van der Waals surface area contributed by atoms with Crippen LogP contribution in [0.4, 0.5) is 16.4 Å². The van der Waals surface area contributed by atoms with Crippen LogP contribution in [0.1, 0.15) is 17.3 Å². The highest BCUT2D eigenvalue weighted by molar-refractivity contribution is 7.90. The number of aromatic nitrogens is 2. The van der Waals surface area contributed by atoms with Gasteiger partial charge in [-0.05, 0) is 25.1 Å². The molecule has 3 amide bonds. The molecule has 3 N–H and O–H groups in total. The van der Waals surface area contributed by atoms with Gasteiger partial charge in [0.25, 0.3) is 15.9 Å². The normalized spacial score (nSPS) is 11.0. The van der Waals surface area contributed by atoms with E-state index in [9.17, 15) is 18.0 Å². The maximum absolute atomic E-state index is 13.0. The molecule has 0 radical (unpaired) electrons. The van der Waals surface area contributed by atoms with E-state index < -0.39 is 26.9 Å². The standard InChI is InChI=1S/C18H23N7O6S/c1-6-19-23-11-7-8-12(16(26)25(2)3)13(9-11)32(28,29)24-18(27)22-17-20-14(30-4)10-15(21-17)31-5/h6-10,23H,1-5H3,(H2,20,21,22,24,27). The second-order valence-electron chi connectivity index (χ2n) is 6.25. The van der Waals surface area contributed by atoms with Gasteiger partial charge in [0, 0.05) is 20.3 Å². The summed E-state index contributed by atoms with van der Waals surface area (Å²) in [7, 11) is 1.16. The Kier molecular flexibility index (Phi) is 7.90. The fourth-order valence-corrected chi connectivity index (χ4v) is 3.48. The minimum atomic E-state index is -4.49. The van der Waals surface area contributed by atoms with Crippen molar-refractivity contribution in [1.82, 2.24) is 19.6 Å². The van der Waals surface area contributed by atoms with E-state index in [1.54, 1.807) is 6.92 Å². The summed E-state index contributed by atoms with van der Waals surface area (Å²) < 4.78 is 37.7. The number of benzene rings is 1. The highest BCUT2D eigenvalue weighted by Crippen LogP contribution is 2.23. The monoisotopic (exact) mass is 465 g/mol. The van der Waals surface area contributed by atoms with Crippen LogP contribution in [0.3, 0.4) is 0 Å². The van der Waals surface area contributed by atoms with Gasteiger partial charge in [0.2, 0.25) is 17.7 Å². The lowest BCUT2D eigenvalue weighted by atomic mass is 10.2. The van der Waals surface area contributed by atoms with Crippen LogP contribution in [0.2, 0.25) is 0 Å². The molecule has 0 aliphatic rings. The van der Waals surface area contributed by atoms with E-state index in [2.05, 4.69) is 25.8 Å². The number of hydrazone groups is 1. The van der Waals surface area contributed by atoms with Gasteiger partial charge in [0.1, 0.15) is 4.90 Å². The smallest absolute Gasteiger partial charge is 0.335 e. The summed E-state index contributed by atoms with van der Waals surface area (Å²) >= 11 is 0. The molecule has 0 fully saturated rings. The van der Waals surface area contributed by atoms with Gasteiger partial charge in [-0.2, -0.15) is 15.1 Å². The summed E-state index contributed by atoms with van der Waals surface area (Å²) in [5.41, 5.74) is 2.78. The predicted octanol–water partition coefficient (Wildman–Crippen LogP) is 1.12. The predicted molar refractivity (Wildman–Crippen MR) is 117 cm³/mol. The van der Waals surface area contributed by atoms with Crippen molar-refractivity contribution in [3.05, 3.63) is 29.8 Å². The number of nitrogens with zero attached hydrogens (tertiary/aromatic N) is 4. The molecule has 0 unspecified atom stereocenters. The molecule has 14 heteroatoms. The van der Waals surface area contributed by atoms with Gasteiger partial charge >= 0.3 is 6.03 Å². The summed E-state index contributed by atoms with van der Waals surface area (Å²) in [6, 6.07) is 4.20. The summed E-state index contributed by atoms with van der Waals surface area (Å²) in [6.45, 7) is 1.66. The number of ether oxygens (including phenoxy) is 2. The third-order valence-corrected chi connectivity index (χ3v) is 5.15. The molecule has 2 rings (SSSR count). The first-order valence-electron chi connectivity index (χ1n) is 9.01. The Morgan fingerprint density at radius 1 is 1.09 bits per heavy atom. The van der Waals surface area contributed by atoms with Crippen molar-refractivity contribution >= 4 is 39.8 Å². The van der Waals surface area contributed by atoms with E-state index in [1.807, 2.05) is 4.72 Å². The minimum absolute atomic E-state index is 0.0872. The Balaban J connectivity index is 2.37. The van der Waals surface area contributed by atoms with E-state index in [-0.39, 0.29) is 23.3 Å². The average molecular weight is 465 g/mol.